The summed E-state index contributed by atoms with van der Waals surface area (Å²) in [6, 6.07) is 7.97. The number of amides is 2. The number of nitrogens with one attached hydrogen (secondary N) is 2. The first kappa shape index (κ1) is 18.8. The summed E-state index contributed by atoms with van der Waals surface area (Å²) in [4.78, 5) is 25.2. The molecule has 1 rings (SSSR count). The summed E-state index contributed by atoms with van der Waals surface area (Å²) in [7, 11) is 3.96. The molecular formula is C17H27N3O3. The fraction of sp³-hybridized carbons (Fsp3) is 0.529. The maximum Gasteiger partial charge on any atom is 0.407 e. The largest absolute Gasteiger partial charge is 0.444 e. The molecule has 0 atom stereocenters. The standard InChI is InChI=1S/C17H27N3O3/c1-17(2,3)23-16(22)18-11-10-15(21)19-12-13-6-8-14(9-7-13)20(4)5/h6-9H,10-12H2,1-5H3,(H,18,22)(H,19,21). The Morgan fingerprint density at radius 3 is 2.22 bits per heavy atom. The highest BCUT2D eigenvalue weighted by atomic mass is 16.6. The quantitative estimate of drug-likeness (QED) is 0.843. The van der Waals surface area contributed by atoms with E-state index in [0.717, 1.165) is 11.3 Å². The first-order valence-electron chi connectivity index (χ1n) is 7.67. The van der Waals surface area contributed by atoms with Gasteiger partial charge in [0.15, 0.2) is 0 Å². The number of nitrogens with zero attached hydrogens (tertiary/aromatic N) is 1. The SMILES string of the molecule is CN(C)c1ccc(CNC(=O)CCNC(=O)OC(C)(C)C)cc1. The van der Waals surface area contributed by atoms with Crippen LogP contribution in [0.1, 0.15) is 32.8 Å². The second-order valence-electron chi connectivity index (χ2n) is 6.52. The van der Waals surface area contributed by atoms with Crippen LogP contribution in [0.25, 0.3) is 0 Å². The smallest absolute Gasteiger partial charge is 0.407 e. The monoisotopic (exact) mass is 321 g/mol. The van der Waals surface area contributed by atoms with Crippen LogP contribution in [-0.2, 0) is 16.1 Å². The number of hydrogen-bond donors (Lipinski definition) is 2. The van der Waals surface area contributed by atoms with Crippen LogP contribution in [0.15, 0.2) is 24.3 Å². The summed E-state index contributed by atoms with van der Waals surface area (Å²) in [6.07, 6.45) is -0.292. The Hall–Kier alpha value is -2.24. The van der Waals surface area contributed by atoms with E-state index in [2.05, 4.69) is 10.6 Å². The molecule has 0 aliphatic heterocycles. The summed E-state index contributed by atoms with van der Waals surface area (Å²) in [6.45, 7) is 6.10. The topological polar surface area (TPSA) is 70.7 Å². The number of hydrogen-bond acceptors (Lipinski definition) is 4. The van der Waals surface area contributed by atoms with Crippen molar-refractivity contribution in [3.63, 3.8) is 0 Å². The molecule has 0 aliphatic rings. The fourth-order valence-corrected chi connectivity index (χ4v) is 1.79. The van der Waals surface area contributed by atoms with Crippen LogP contribution in [0, 0.1) is 0 Å². The molecular weight excluding hydrogens is 294 g/mol. The Kier molecular flexibility index (Phi) is 6.88. The van der Waals surface area contributed by atoms with Gasteiger partial charge in [0.25, 0.3) is 0 Å². The lowest BCUT2D eigenvalue weighted by Crippen LogP contribution is -2.35. The van der Waals surface area contributed by atoms with Crippen molar-refractivity contribution in [2.24, 2.45) is 0 Å². The van der Waals surface area contributed by atoms with Gasteiger partial charge in [0.1, 0.15) is 5.60 Å². The highest BCUT2D eigenvalue weighted by Gasteiger charge is 2.15. The minimum Gasteiger partial charge on any atom is -0.444 e. The molecule has 2 N–H and O–H groups in total. The van der Waals surface area contributed by atoms with E-state index < -0.39 is 11.7 Å². The highest BCUT2D eigenvalue weighted by molar-refractivity contribution is 5.77. The van der Waals surface area contributed by atoms with Crippen molar-refractivity contribution in [2.75, 3.05) is 25.5 Å². The molecule has 0 spiro atoms. The summed E-state index contributed by atoms with van der Waals surface area (Å²) in [5.74, 6) is -0.113. The van der Waals surface area contributed by atoms with Crippen LogP contribution in [0.2, 0.25) is 0 Å². The second-order valence-corrected chi connectivity index (χ2v) is 6.52. The Morgan fingerprint density at radius 2 is 1.70 bits per heavy atom. The Labute approximate surface area is 138 Å². The second kappa shape index (κ2) is 8.41. The first-order chi connectivity index (χ1) is 10.7. The van der Waals surface area contributed by atoms with E-state index in [1.807, 2.05) is 43.3 Å². The minimum absolute atomic E-state index is 0.113. The van der Waals surface area contributed by atoms with Crippen molar-refractivity contribution in [3.05, 3.63) is 29.8 Å². The van der Waals surface area contributed by atoms with Gasteiger partial charge in [-0.05, 0) is 38.5 Å². The predicted octanol–water partition coefficient (Wildman–Crippen LogP) is 2.28. The zero-order valence-electron chi connectivity index (χ0n) is 14.6. The third kappa shape index (κ3) is 8.09. The highest BCUT2D eigenvalue weighted by Crippen LogP contribution is 2.12. The van der Waals surface area contributed by atoms with E-state index in [-0.39, 0.29) is 18.9 Å². The van der Waals surface area contributed by atoms with Crippen molar-refractivity contribution in [1.82, 2.24) is 10.6 Å². The molecule has 23 heavy (non-hydrogen) atoms. The van der Waals surface area contributed by atoms with Gasteiger partial charge in [0, 0.05) is 39.3 Å². The van der Waals surface area contributed by atoms with Crippen LogP contribution < -0.4 is 15.5 Å². The van der Waals surface area contributed by atoms with Crippen molar-refractivity contribution in [1.29, 1.82) is 0 Å². The molecule has 0 saturated heterocycles. The minimum atomic E-state index is -0.537. The number of carbonyl (C=O) groups is 2. The first-order valence-corrected chi connectivity index (χ1v) is 7.67. The van der Waals surface area contributed by atoms with Crippen LogP contribution in [0.4, 0.5) is 10.5 Å². The molecule has 0 radical (unpaired) electrons. The average Bonchev–Trinajstić information content (AvgIpc) is 2.43. The summed E-state index contributed by atoms with van der Waals surface area (Å²) in [5, 5.41) is 5.39. The molecule has 0 fully saturated rings. The maximum absolute atomic E-state index is 11.7. The number of benzene rings is 1. The van der Waals surface area contributed by atoms with Crippen molar-refractivity contribution < 1.29 is 14.3 Å². The molecule has 0 saturated carbocycles. The lowest BCUT2D eigenvalue weighted by Gasteiger charge is -2.19. The lowest BCUT2D eigenvalue weighted by molar-refractivity contribution is -0.121. The van der Waals surface area contributed by atoms with Crippen molar-refractivity contribution in [3.8, 4) is 0 Å². The normalized spacial score (nSPS) is 10.8. The van der Waals surface area contributed by atoms with Gasteiger partial charge in [-0.2, -0.15) is 0 Å². The van der Waals surface area contributed by atoms with Gasteiger partial charge in [0.05, 0.1) is 0 Å². The Balaban J connectivity index is 2.25. The zero-order chi connectivity index (χ0) is 17.5. The van der Waals surface area contributed by atoms with Crippen molar-refractivity contribution in [2.45, 2.75) is 39.3 Å². The fourth-order valence-electron chi connectivity index (χ4n) is 1.79. The van der Waals surface area contributed by atoms with E-state index in [4.69, 9.17) is 4.74 Å². The molecule has 0 bridgehead atoms. The van der Waals surface area contributed by atoms with E-state index in [0.29, 0.717) is 6.54 Å². The molecule has 6 heteroatoms. The maximum atomic E-state index is 11.7. The van der Waals surface area contributed by atoms with Gasteiger partial charge >= 0.3 is 6.09 Å². The van der Waals surface area contributed by atoms with E-state index in [1.165, 1.54) is 0 Å². The number of carbonyl (C=O) groups excluding carboxylic acids is 2. The number of alkyl carbamates (subject to hydrolysis) is 1. The van der Waals surface area contributed by atoms with E-state index in [9.17, 15) is 9.59 Å². The van der Waals surface area contributed by atoms with Gasteiger partial charge in [-0.15, -0.1) is 0 Å². The molecule has 0 aromatic heterocycles. The van der Waals surface area contributed by atoms with Crippen LogP contribution >= 0.6 is 0 Å². The summed E-state index contributed by atoms with van der Waals surface area (Å²) in [5.41, 5.74) is 1.61. The Morgan fingerprint density at radius 1 is 1.09 bits per heavy atom. The Bertz CT molecular complexity index is 519. The summed E-state index contributed by atoms with van der Waals surface area (Å²) >= 11 is 0. The summed E-state index contributed by atoms with van der Waals surface area (Å²) < 4.78 is 5.09. The van der Waals surface area contributed by atoms with Gasteiger partial charge < -0.3 is 20.3 Å². The lowest BCUT2D eigenvalue weighted by atomic mass is 10.2. The predicted molar refractivity (Wildman–Crippen MR) is 91.5 cm³/mol. The molecule has 0 heterocycles. The van der Waals surface area contributed by atoms with E-state index in [1.54, 1.807) is 20.8 Å². The molecule has 6 nitrogen and oxygen atoms in total. The molecule has 1 aromatic carbocycles. The average molecular weight is 321 g/mol. The molecule has 2 amide bonds. The number of anilines is 1. The molecule has 1 aromatic rings. The van der Waals surface area contributed by atoms with Gasteiger partial charge in [0.2, 0.25) is 5.91 Å². The van der Waals surface area contributed by atoms with Crippen LogP contribution in [0.3, 0.4) is 0 Å². The van der Waals surface area contributed by atoms with Gasteiger partial charge in [-0.1, -0.05) is 12.1 Å². The van der Waals surface area contributed by atoms with E-state index >= 15 is 0 Å². The van der Waals surface area contributed by atoms with Crippen LogP contribution in [-0.4, -0.2) is 38.2 Å². The third-order valence-corrected chi connectivity index (χ3v) is 2.96. The number of ether oxygens (including phenoxy) is 1. The van der Waals surface area contributed by atoms with Crippen LogP contribution in [0.5, 0.6) is 0 Å². The van der Waals surface area contributed by atoms with Gasteiger partial charge in [-0.3, -0.25) is 4.79 Å². The molecule has 0 unspecified atom stereocenters. The third-order valence-electron chi connectivity index (χ3n) is 2.96. The zero-order valence-corrected chi connectivity index (χ0v) is 14.6. The van der Waals surface area contributed by atoms with Gasteiger partial charge in [-0.25, -0.2) is 4.79 Å². The van der Waals surface area contributed by atoms with Crippen molar-refractivity contribution >= 4 is 17.7 Å². The molecule has 0 aliphatic carbocycles. The number of rotatable bonds is 6. The molecule has 128 valence electrons.